The van der Waals surface area contributed by atoms with E-state index in [2.05, 4.69) is 97.9 Å². The summed E-state index contributed by atoms with van der Waals surface area (Å²) in [5, 5.41) is 7.58. The Morgan fingerprint density at radius 1 is 0.667 bits per heavy atom. The third-order valence-corrected chi connectivity index (χ3v) is 11.8. The van der Waals surface area contributed by atoms with Crippen LogP contribution in [0.1, 0.15) is 92.5 Å². The number of rotatable bonds is 3. The monoisotopic (exact) mass is 829 g/mol. The molecule has 2 aliphatic carbocycles. The van der Waals surface area contributed by atoms with Crippen molar-refractivity contribution in [3.63, 3.8) is 0 Å². The molecule has 0 aromatic heterocycles. The van der Waals surface area contributed by atoms with Crippen LogP contribution in [-0.2, 0) is 35.5 Å². The molecule has 0 bridgehead atoms. The van der Waals surface area contributed by atoms with Gasteiger partial charge in [-0.05, 0) is 0 Å². The summed E-state index contributed by atoms with van der Waals surface area (Å²) >= 11 is 28.8. The van der Waals surface area contributed by atoms with Gasteiger partial charge in [-0.2, -0.15) is 0 Å². The zero-order valence-corrected chi connectivity index (χ0v) is 35.3. The van der Waals surface area contributed by atoms with Crippen LogP contribution in [0, 0.1) is 24.3 Å². The number of benzene rings is 4. The van der Waals surface area contributed by atoms with Crippen LogP contribution in [0.4, 0.5) is 0 Å². The van der Waals surface area contributed by atoms with Gasteiger partial charge in [0.1, 0.15) is 0 Å². The normalized spacial score (nSPS) is 13.5. The SMILES string of the molecule is Cc1c(Cl)cc(Cl)cc1C(c1cc(Cl)cc(Cl)c1C)=c1c(C(C)(C)C)cc2c(c1C1=CC=CC1)[C]([Zr+2])=c1ccc(C(C)(C)C)cc1=2.[Cl-].[Cl-]. The molecule has 2 aliphatic rings. The number of hydrogen-bond donors (Lipinski definition) is 0. The van der Waals surface area contributed by atoms with Crippen LogP contribution in [0.3, 0.4) is 0 Å². The molecule has 0 saturated carbocycles. The maximum Gasteiger partial charge on any atom is -1.00 e. The minimum atomic E-state index is -0.213. The Labute approximate surface area is 332 Å². The number of halogens is 6. The second-order valence-corrected chi connectivity index (χ2v) is 17.5. The molecule has 0 N–H and O–H groups in total. The van der Waals surface area contributed by atoms with Crippen LogP contribution in [0.5, 0.6) is 0 Å². The van der Waals surface area contributed by atoms with E-state index in [1.165, 1.54) is 76.7 Å². The summed E-state index contributed by atoms with van der Waals surface area (Å²) in [4.78, 5) is 0. The van der Waals surface area contributed by atoms with Gasteiger partial charge in [0.05, 0.1) is 0 Å². The molecule has 48 heavy (non-hydrogen) atoms. The zero-order valence-electron chi connectivity index (χ0n) is 28.3. The van der Waals surface area contributed by atoms with Gasteiger partial charge in [0, 0.05) is 0 Å². The molecule has 0 atom stereocenters. The Morgan fingerprint density at radius 2 is 1.23 bits per heavy atom. The topological polar surface area (TPSA) is 0 Å². The van der Waals surface area contributed by atoms with Gasteiger partial charge in [0.2, 0.25) is 0 Å². The van der Waals surface area contributed by atoms with Gasteiger partial charge in [-0.15, -0.1) is 0 Å². The molecule has 0 fully saturated rings. The Kier molecular flexibility index (Phi) is 11.8. The maximum absolute atomic E-state index is 6.89. The number of fused-ring (bicyclic) bond motifs is 2. The molecule has 247 valence electrons. The molecular formula is C41H37Cl6Zr. The maximum atomic E-state index is 6.89. The van der Waals surface area contributed by atoms with E-state index in [1.54, 1.807) is 0 Å². The van der Waals surface area contributed by atoms with Crippen molar-refractivity contribution in [2.45, 2.75) is 72.6 Å². The first kappa shape index (κ1) is 39.5. The summed E-state index contributed by atoms with van der Waals surface area (Å²) in [5.74, 6) is 0. The molecule has 0 unspecified atom stereocenters. The second-order valence-electron chi connectivity index (χ2n) is 14.6. The van der Waals surface area contributed by atoms with E-state index < -0.39 is 0 Å². The minimum Gasteiger partial charge on any atom is -1.00 e. The predicted molar refractivity (Wildman–Crippen MR) is 195 cm³/mol. The van der Waals surface area contributed by atoms with Crippen molar-refractivity contribution in [2.24, 2.45) is 0 Å². The second kappa shape index (κ2) is 14.4. The summed E-state index contributed by atoms with van der Waals surface area (Å²) in [6, 6.07) is 17.3. The van der Waals surface area contributed by atoms with Crippen molar-refractivity contribution in [3.05, 3.63) is 152 Å². The molecule has 0 radical (unpaired) electrons. The smallest absolute Gasteiger partial charge is 1.00 e. The summed E-state index contributed by atoms with van der Waals surface area (Å²) < 4.78 is 1.38. The van der Waals surface area contributed by atoms with E-state index in [0.29, 0.717) is 20.1 Å². The molecule has 7 heteroatoms. The Hall–Kier alpha value is -1.28. The summed E-state index contributed by atoms with van der Waals surface area (Å²) in [6.45, 7) is 17.9. The molecule has 0 amide bonds. The minimum absolute atomic E-state index is 0. The molecular weight excluding hydrogens is 796 g/mol. The number of hydrogen-bond acceptors (Lipinski definition) is 0. The molecule has 0 saturated heterocycles. The first-order chi connectivity index (χ1) is 21.5. The summed E-state index contributed by atoms with van der Waals surface area (Å²) in [7, 11) is 0. The first-order valence-electron chi connectivity index (χ1n) is 15.6. The van der Waals surface area contributed by atoms with Crippen LogP contribution >= 0.6 is 46.4 Å². The fourth-order valence-electron chi connectivity index (χ4n) is 6.77. The molecule has 0 spiro atoms. The van der Waals surface area contributed by atoms with Gasteiger partial charge in [-0.3, -0.25) is 0 Å². The van der Waals surface area contributed by atoms with Gasteiger partial charge in [-0.1, -0.05) is 0 Å². The molecule has 0 nitrogen and oxygen atoms in total. The quantitative estimate of drug-likeness (QED) is 0.259. The summed E-state index contributed by atoms with van der Waals surface area (Å²) in [5.41, 5.74) is 11.3. The molecule has 4 aromatic rings. The standard InChI is InChI=1S/C41H37Cl4.2ClH.Zr/c1-22-29(17-27(42)19-35(22)44)38(30-18-28(43)20-36(45)23(30)2)39-34(41(6,7)8)21-32-31-16-26(40(3,4)5)14-13-25(31)15-33(32)37(39)24-11-9-10-12-24;;;/h9-11,13-14,16-21H,12H2,1-8H3;2*1H;/q;;;+2/p-2. The van der Waals surface area contributed by atoms with E-state index in [9.17, 15) is 0 Å². The van der Waals surface area contributed by atoms with Crippen molar-refractivity contribution in [1.29, 1.82) is 0 Å². The van der Waals surface area contributed by atoms with E-state index >= 15 is 0 Å². The molecule has 6 rings (SSSR count). The Balaban J connectivity index is 0.00000260. The number of allylic oxidation sites excluding steroid dienone is 4. The molecule has 0 aliphatic heterocycles. The van der Waals surface area contributed by atoms with E-state index in [-0.39, 0.29) is 35.6 Å². The summed E-state index contributed by atoms with van der Waals surface area (Å²) in [6.07, 6.45) is 7.57. The van der Waals surface area contributed by atoms with Crippen molar-refractivity contribution in [1.82, 2.24) is 0 Å². The van der Waals surface area contributed by atoms with E-state index in [4.69, 9.17) is 46.4 Å². The van der Waals surface area contributed by atoms with Crippen LogP contribution in [0.15, 0.2) is 66.8 Å². The van der Waals surface area contributed by atoms with Gasteiger partial charge < -0.3 is 24.8 Å². The predicted octanol–water partition coefficient (Wildman–Crippen LogP) is 5.41. The largest absolute Gasteiger partial charge is 1.00 e. The van der Waals surface area contributed by atoms with Gasteiger partial charge in [0.25, 0.3) is 0 Å². The van der Waals surface area contributed by atoms with Crippen molar-refractivity contribution in [2.75, 3.05) is 0 Å². The molecule has 4 aromatic carbocycles. The van der Waals surface area contributed by atoms with Crippen LogP contribution < -0.4 is 35.3 Å². The zero-order chi connectivity index (χ0) is 33.5. The molecule has 0 heterocycles. The third-order valence-electron chi connectivity index (χ3n) is 9.33. The van der Waals surface area contributed by atoms with Crippen LogP contribution in [0.25, 0.3) is 14.4 Å². The van der Waals surface area contributed by atoms with Gasteiger partial charge in [-0.25, -0.2) is 0 Å². The Morgan fingerprint density at radius 3 is 1.71 bits per heavy atom. The van der Waals surface area contributed by atoms with Crippen molar-refractivity contribution in [3.8, 4) is 0 Å². The average molecular weight is 834 g/mol. The van der Waals surface area contributed by atoms with Gasteiger partial charge in [0.15, 0.2) is 0 Å². The van der Waals surface area contributed by atoms with Crippen LogP contribution in [0.2, 0.25) is 20.1 Å². The van der Waals surface area contributed by atoms with Crippen molar-refractivity contribution >= 4 is 60.8 Å². The van der Waals surface area contributed by atoms with E-state index in [1.807, 2.05) is 24.3 Å². The Bertz CT molecular complexity index is 2200. The van der Waals surface area contributed by atoms with Gasteiger partial charge >= 0.3 is 310 Å². The third kappa shape index (κ3) is 6.97. The van der Waals surface area contributed by atoms with Crippen LogP contribution in [-0.4, -0.2) is 0 Å². The first-order valence-corrected chi connectivity index (χ1v) is 18.3. The van der Waals surface area contributed by atoms with E-state index in [0.717, 1.165) is 34.2 Å². The average Bonchev–Trinajstić information content (AvgIpc) is 3.59. The van der Waals surface area contributed by atoms with Crippen molar-refractivity contribution < 1.29 is 49.5 Å². The fourth-order valence-corrected chi connectivity index (χ4v) is 8.93. The fraction of sp³-hybridized carbons (Fsp3) is 0.268.